The molecule has 0 saturated heterocycles. The van der Waals surface area contributed by atoms with Gasteiger partial charge >= 0.3 is 5.97 Å². The molecule has 3 N–H and O–H groups in total. The highest BCUT2D eigenvalue weighted by Gasteiger charge is 2.53. The van der Waals surface area contributed by atoms with Gasteiger partial charge in [-0.1, -0.05) is 50.1 Å². The topological polar surface area (TPSA) is 118 Å². The molecule has 2 aromatic carbocycles. The molecule has 9 nitrogen and oxygen atoms in total. The Morgan fingerprint density at radius 3 is 2.42 bits per heavy atom. The second kappa shape index (κ2) is 14.8. The van der Waals surface area contributed by atoms with Crippen LogP contribution in [0.4, 0.5) is 0 Å². The van der Waals surface area contributed by atoms with Gasteiger partial charge in [-0.15, -0.1) is 0 Å². The van der Waals surface area contributed by atoms with E-state index in [4.69, 9.17) is 24.3 Å². The highest BCUT2D eigenvalue weighted by molar-refractivity contribution is 6.01. The van der Waals surface area contributed by atoms with E-state index in [1.807, 2.05) is 63.2 Å². The molecule has 2 atom stereocenters. The molecule has 2 aromatic rings. The van der Waals surface area contributed by atoms with E-state index in [0.29, 0.717) is 36.8 Å². The fourth-order valence-corrected chi connectivity index (χ4v) is 4.40. The Morgan fingerprint density at radius 2 is 1.77 bits per heavy atom. The summed E-state index contributed by atoms with van der Waals surface area (Å²) in [5.41, 5.74) is 5.26. The van der Waals surface area contributed by atoms with Gasteiger partial charge in [0.05, 0.1) is 6.61 Å². The molecule has 218 valence electrons. The molecule has 0 unspecified atom stereocenters. The Balaban J connectivity index is 1.94. The van der Waals surface area contributed by atoms with Crippen LogP contribution in [0.5, 0.6) is 5.75 Å². The van der Waals surface area contributed by atoms with Crippen molar-refractivity contribution in [2.24, 2.45) is 4.99 Å². The van der Waals surface area contributed by atoms with Gasteiger partial charge in [0.15, 0.2) is 11.6 Å². The van der Waals surface area contributed by atoms with Crippen LogP contribution in [0.1, 0.15) is 83.5 Å². The maximum atomic E-state index is 13.9. The molecular weight excluding hydrogens is 510 g/mol. The van der Waals surface area contributed by atoms with Crippen molar-refractivity contribution in [2.75, 3.05) is 19.8 Å². The summed E-state index contributed by atoms with van der Waals surface area (Å²) in [6, 6.07) is 16.7. The van der Waals surface area contributed by atoms with Crippen molar-refractivity contribution >= 4 is 17.8 Å². The number of rotatable bonds is 15. The third-order valence-electron chi connectivity index (χ3n) is 6.37. The highest BCUT2D eigenvalue weighted by atomic mass is 16.6. The van der Waals surface area contributed by atoms with E-state index in [1.54, 1.807) is 12.1 Å². The smallest absolute Gasteiger partial charge is 0.306 e. The van der Waals surface area contributed by atoms with Gasteiger partial charge in [-0.3, -0.25) is 15.0 Å². The van der Waals surface area contributed by atoms with Gasteiger partial charge in [-0.25, -0.2) is 10.4 Å². The zero-order valence-corrected chi connectivity index (χ0v) is 24.1. The van der Waals surface area contributed by atoms with E-state index in [0.717, 1.165) is 24.8 Å². The van der Waals surface area contributed by atoms with Gasteiger partial charge < -0.3 is 19.3 Å². The van der Waals surface area contributed by atoms with Gasteiger partial charge in [0.1, 0.15) is 11.4 Å². The van der Waals surface area contributed by atoms with Crippen LogP contribution < -0.4 is 15.6 Å². The number of aliphatic imine (C=N–C) groups is 1. The van der Waals surface area contributed by atoms with Crippen LogP contribution in [0.15, 0.2) is 59.6 Å². The Labute approximate surface area is 237 Å². The van der Waals surface area contributed by atoms with Crippen LogP contribution in [0, 0.1) is 0 Å². The number of aliphatic hydroxyl groups is 1. The second-order valence-electron chi connectivity index (χ2n) is 10.9. The second-order valence-corrected chi connectivity index (χ2v) is 10.9. The summed E-state index contributed by atoms with van der Waals surface area (Å²) >= 11 is 0. The third kappa shape index (κ3) is 8.79. The van der Waals surface area contributed by atoms with Crippen LogP contribution in [0.2, 0.25) is 0 Å². The summed E-state index contributed by atoms with van der Waals surface area (Å²) < 4.78 is 17.6. The van der Waals surface area contributed by atoms with E-state index in [1.165, 1.54) is 0 Å². The van der Waals surface area contributed by atoms with Crippen LogP contribution in [-0.2, 0) is 19.1 Å². The molecule has 0 spiro atoms. The van der Waals surface area contributed by atoms with Gasteiger partial charge in [0.25, 0.3) is 5.91 Å². The summed E-state index contributed by atoms with van der Waals surface area (Å²) in [6.45, 7) is 8.64. The maximum absolute atomic E-state index is 13.9. The number of esters is 1. The predicted octanol–water partition coefficient (Wildman–Crippen LogP) is 4.64. The third-order valence-corrected chi connectivity index (χ3v) is 6.37. The molecule has 40 heavy (non-hydrogen) atoms. The molecule has 9 heteroatoms. The molecular formula is C31H43N3O6. The van der Waals surface area contributed by atoms with E-state index in [2.05, 4.69) is 17.8 Å². The molecule has 0 aromatic heterocycles. The van der Waals surface area contributed by atoms with Crippen molar-refractivity contribution < 1.29 is 28.9 Å². The van der Waals surface area contributed by atoms with E-state index in [9.17, 15) is 9.59 Å². The van der Waals surface area contributed by atoms with Gasteiger partial charge in [0.2, 0.25) is 5.90 Å². The number of carbonyl (C=O) groups excluding carboxylic acids is 2. The number of amides is 1. The fraction of sp³-hybridized carbons (Fsp3) is 0.516. The molecule has 0 radical (unpaired) electrons. The Kier molecular flexibility index (Phi) is 11.5. The zero-order valence-electron chi connectivity index (χ0n) is 24.1. The van der Waals surface area contributed by atoms with Crippen molar-refractivity contribution in [1.82, 2.24) is 10.9 Å². The van der Waals surface area contributed by atoms with Crippen molar-refractivity contribution in [2.45, 2.75) is 83.5 Å². The molecule has 0 bridgehead atoms. The number of ether oxygens (including phenoxy) is 3. The van der Waals surface area contributed by atoms with Crippen LogP contribution in [0.3, 0.4) is 0 Å². The molecule has 3 rings (SSSR count). The summed E-state index contributed by atoms with van der Waals surface area (Å²) in [5.74, 6) is 0.178. The van der Waals surface area contributed by atoms with E-state index in [-0.39, 0.29) is 25.4 Å². The van der Waals surface area contributed by atoms with Crippen molar-refractivity contribution in [3.05, 3.63) is 65.7 Å². The number of nitrogens with one attached hydrogen (secondary N) is 2. The first-order valence-electron chi connectivity index (χ1n) is 14.1. The summed E-state index contributed by atoms with van der Waals surface area (Å²) in [7, 11) is 0. The first kappa shape index (κ1) is 31.1. The Bertz CT molecular complexity index is 1110. The average molecular weight is 554 g/mol. The van der Waals surface area contributed by atoms with Crippen LogP contribution in [-0.4, -0.2) is 53.8 Å². The quantitative estimate of drug-likeness (QED) is 0.167. The molecule has 1 heterocycles. The number of hydrogen-bond donors (Lipinski definition) is 3. The summed E-state index contributed by atoms with van der Waals surface area (Å²) in [6.07, 6.45) is 2.89. The molecule has 1 amide bonds. The lowest BCUT2D eigenvalue weighted by Crippen LogP contribution is -2.53. The Morgan fingerprint density at radius 1 is 1.05 bits per heavy atom. The lowest BCUT2D eigenvalue weighted by atomic mass is 9.83. The van der Waals surface area contributed by atoms with Gasteiger partial charge in [-0.05, 0) is 63.4 Å². The van der Waals surface area contributed by atoms with Crippen LogP contribution >= 0.6 is 0 Å². The van der Waals surface area contributed by atoms with Crippen LogP contribution in [0.25, 0.3) is 0 Å². The monoisotopic (exact) mass is 553 g/mol. The maximum Gasteiger partial charge on any atom is 0.306 e. The lowest BCUT2D eigenvalue weighted by molar-refractivity contribution is -0.155. The normalized spacial score (nSPS) is 18.5. The van der Waals surface area contributed by atoms with Gasteiger partial charge in [0, 0.05) is 31.6 Å². The van der Waals surface area contributed by atoms with Crippen molar-refractivity contribution in [3.63, 3.8) is 0 Å². The lowest BCUT2D eigenvalue weighted by Gasteiger charge is -2.31. The molecule has 1 aliphatic heterocycles. The number of aliphatic hydroxyl groups excluding tert-OH is 1. The molecule has 0 saturated carbocycles. The zero-order chi connectivity index (χ0) is 29.0. The average Bonchev–Trinajstić information content (AvgIpc) is 3.33. The minimum absolute atomic E-state index is 0.0123. The minimum Gasteiger partial charge on any atom is -0.494 e. The molecule has 1 aliphatic rings. The largest absolute Gasteiger partial charge is 0.494 e. The SMILES string of the molecule is CCCCCNNC(=O)[C@@]1(CCC(=O)OC(C)(C)C)N=C(c2ccc(OCCCO)cc2)O[C@H]1c1ccccc1. The van der Waals surface area contributed by atoms with Gasteiger partial charge in [-0.2, -0.15) is 0 Å². The first-order valence-corrected chi connectivity index (χ1v) is 14.1. The van der Waals surface area contributed by atoms with Crippen molar-refractivity contribution in [3.8, 4) is 5.75 Å². The van der Waals surface area contributed by atoms with E-state index >= 15 is 0 Å². The standard InChI is InChI=1S/C31H43N3O6/c1-5-6-10-20-32-34-29(37)31(19-18-26(36)40-30(2,3)4)27(23-12-8-7-9-13-23)39-28(33-31)24-14-16-25(17-15-24)38-22-11-21-35/h7-9,12-17,27,32,35H,5-6,10-11,18-22H2,1-4H3,(H,34,37)/t27-,31-/m0/s1. The molecule has 0 fully saturated rings. The number of benzene rings is 2. The fourth-order valence-electron chi connectivity index (χ4n) is 4.40. The number of unbranched alkanes of at least 4 members (excludes halogenated alkanes) is 2. The summed E-state index contributed by atoms with van der Waals surface area (Å²) in [5, 5.41) is 8.99. The number of nitrogens with zero attached hydrogens (tertiary/aromatic N) is 1. The minimum atomic E-state index is -1.42. The highest BCUT2D eigenvalue weighted by Crippen LogP contribution is 2.43. The van der Waals surface area contributed by atoms with Crippen molar-refractivity contribution in [1.29, 1.82) is 0 Å². The number of hydrogen-bond acceptors (Lipinski definition) is 8. The number of hydrazine groups is 1. The molecule has 0 aliphatic carbocycles. The number of carbonyl (C=O) groups is 2. The predicted molar refractivity (Wildman–Crippen MR) is 154 cm³/mol. The van der Waals surface area contributed by atoms with E-state index < -0.39 is 23.2 Å². The summed E-state index contributed by atoms with van der Waals surface area (Å²) in [4.78, 5) is 31.6. The first-order chi connectivity index (χ1) is 19.2. The Hall–Kier alpha value is -3.43.